The maximum absolute atomic E-state index is 11.8. The molecule has 0 aliphatic carbocycles. The van der Waals surface area contributed by atoms with Crippen LogP contribution in [0.1, 0.15) is 16.8 Å². The first-order valence-corrected chi connectivity index (χ1v) is 6.15. The molecule has 0 aromatic heterocycles. The summed E-state index contributed by atoms with van der Waals surface area (Å²) in [6.45, 7) is 0.0501. The summed E-state index contributed by atoms with van der Waals surface area (Å²) in [5, 5.41) is 0. The number of hydrogen-bond donors (Lipinski definition) is 2. The van der Waals surface area contributed by atoms with Crippen LogP contribution in [-0.4, -0.2) is 24.2 Å². The second-order valence-electron chi connectivity index (χ2n) is 3.79. The average Bonchev–Trinajstić information content (AvgIpc) is 2.60. The predicted molar refractivity (Wildman–Crippen MR) is 68.9 cm³/mol. The van der Waals surface area contributed by atoms with E-state index in [0.29, 0.717) is 11.3 Å². The highest BCUT2D eigenvalue weighted by atomic mass is 79.9. The molecule has 0 bridgehead atoms. The summed E-state index contributed by atoms with van der Waals surface area (Å²) in [5.74, 6) is 2.98. The van der Waals surface area contributed by atoms with Crippen molar-refractivity contribution in [2.24, 2.45) is 5.84 Å². The largest absolute Gasteiger partial charge is 0.356 e. The van der Waals surface area contributed by atoms with Crippen molar-refractivity contribution in [3.05, 3.63) is 28.2 Å². The van der Waals surface area contributed by atoms with Gasteiger partial charge in [0, 0.05) is 11.0 Å². The van der Waals surface area contributed by atoms with Gasteiger partial charge < -0.3 is 9.74 Å². The molecule has 3 N–H and O–H groups in total. The number of nitrogens with zero attached hydrogens (tertiary/aromatic N) is 1. The summed E-state index contributed by atoms with van der Waals surface area (Å²) in [7, 11) is 0. The number of hydrogen-bond acceptors (Lipinski definition) is 6. The third-order valence-electron chi connectivity index (χ3n) is 2.65. The van der Waals surface area contributed by atoms with Crippen LogP contribution in [0.3, 0.4) is 0 Å². The molecule has 0 saturated heterocycles. The number of hydrazine groups is 1. The smallest absolute Gasteiger partial charge is 0.328 e. The number of carbonyl (C=O) groups is 3. The molecule has 0 saturated carbocycles. The van der Waals surface area contributed by atoms with E-state index >= 15 is 0 Å². The molecule has 0 spiro atoms. The second kappa shape index (κ2) is 5.47. The van der Waals surface area contributed by atoms with Crippen LogP contribution >= 0.6 is 15.9 Å². The molecule has 1 aromatic carbocycles. The van der Waals surface area contributed by atoms with Gasteiger partial charge in [0.25, 0.3) is 11.7 Å². The van der Waals surface area contributed by atoms with Gasteiger partial charge in [0.2, 0.25) is 0 Å². The minimum absolute atomic E-state index is 0.0501. The molecule has 1 amide bonds. The number of fused-ring (bicyclic) bond motifs is 1. The van der Waals surface area contributed by atoms with Crippen molar-refractivity contribution in [3.8, 4) is 0 Å². The third-order valence-corrected chi connectivity index (χ3v) is 3.14. The Kier molecular flexibility index (Phi) is 3.93. The monoisotopic (exact) mass is 327 g/mol. The first kappa shape index (κ1) is 13.7. The normalized spacial score (nSPS) is 13.7. The highest BCUT2D eigenvalue weighted by Crippen LogP contribution is 2.31. The molecule has 1 aromatic rings. The number of benzene rings is 1. The molecular formula is C11H10BrN3O4. The Morgan fingerprint density at radius 3 is 2.84 bits per heavy atom. The van der Waals surface area contributed by atoms with Gasteiger partial charge >= 0.3 is 5.97 Å². The number of rotatable bonds is 4. The lowest BCUT2D eigenvalue weighted by molar-refractivity contribution is -0.150. The van der Waals surface area contributed by atoms with E-state index in [2.05, 4.69) is 20.8 Å². The molecule has 1 aliphatic heterocycles. The number of ketones is 1. The lowest BCUT2D eigenvalue weighted by Crippen LogP contribution is -2.33. The maximum Gasteiger partial charge on any atom is 0.328 e. The first-order valence-electron chi connectivity index (χ1n) is 5.35. The Morgan fingerprint density at radius 2 is 2.16 bits per heavy atom. The summed E-state index contributed by atoms with van der Waals surface area (Å²) in [4.78, 5) is 40.3. The number of nitrogens with two attached hydrogens (primary N) is 1. The molecule has 7 nitrogen and oxygen atoms in total. The fraction of sp³-hybridized carbons (Fsp3) is 0.182. The molecule has 0 fully saturated rings. The zero-order valence-corrected chi connectivity index (χ0v) is 11.3. The predicted octanol–water partition coefficient (Wildman–Crippen LogP) is 0.290. The van der Waals surface area contributed by atoms with Gasteiger partial charge in [0.1, 0.15) is 0 Å². The maximum atomic E-state index is 11.8. The molecule has 19 heavy (non-hydrogen) atoms. The van der Waals surface area contributed by atoms with Crippen molar-refractivity contribution in [2.45, 2.75) is 6.42 Å². The van der Waals surface area contributed by atoms with E-state index in [4.69, 9.17) is 5.84 Å². The molecule has 1 heterocycles. The first-order chi connectivity index (χ1) is 9.04. The molecule has 0 radical (unpaired) electrons. The van der Waals surface area contributed by atoms with Gasteiger partial charge in [-0.2, -0.15) is 0 Å². The van der Waals surface area contributed by atoms with E-state index in [9.17, 15) is 14.4 Å². The molecular weight excluding hydrogens is 318 g/mol. The fourth-order valence-electron chi connectivity index (χ4n) is 1.81. The number of anilines is 1. The van der Waals surface area contributed by atoms with Gasteiger partial charge in [-0.15, -0.1) is 0 Å². The molecule has 8 heteroatoms. The Labute approximate surface area is 116 Å². The fourth-order valence-corrected chi connectivity index (χ4v) is 2.16. The standard InChI is InChI=1S/C11H10BrN3O4/c12-6-1-2-7-8(5-6)15(11(18)10(7)17)4-3-9(16)19-14-13/h1-2,5,14H,3-4,13H2. The van der Waals surface area contributed by atoms with Crippen LogP contribution in [-0.2, 0) is 14.4 Å². The lowest BCUT2D eigenvalue weighted by Gasteiger charge is -2.15. The van der Waals surface area contributed by atoms with Crippen molar-refractivity contribution in [1.29, 1.82) is 0 Å². The van der Waals surface area contributed by atoms with Gasteiger partial charge in [-0.05, 0) is 18.2 Å². The van der Waals surface area contributed by atoms with Crippen LogP contribution in [0.25, 0.3) is 0 Å². The van der Waals surface area contributed by atoms with Crippen molar-refractivity contribution >= 4 is 39.3 Å². The van der Waals surface area contributed by atoms with Crippen LogP contribution in [0.5, 0.6) is 0 Å². The van der Waals surface area contributed by atoms with Crippen LogP contribution in [0.15, 0.2) is 22.7 Å². The Balaban J connectivity index is 2.18. The molecule has 100 valence electrons. The van der Waals surface area contributed by atoms with Crippen LogP contribution in [0.4, 0.5) is 5.69 Å². The van der Waals surface area contributed by atoms with Gasteiger partial charge in [0.05, 0.1) is 17.7 Å². The lowest BCUT2D eigenvalue weighted by atomic mass is 10.1. The van der Waals surface area contributed by atoms with Gasteiger partial charge in [-0.25, -0.2) is 5.84 Å². The van der Waals surface area contributed by atoms with E-state index < -0.39 is 17.7 Å². The van der Waals surface area contributed by atoms with E-state index in [1.165, 1.54) is 4.90 Å². The summed E-state index contributed by atoms with van der Waals surface area (Å²) >= 11 is 3.27. The van der Waals surface area contributed by atoms with E-state index in [1.807, 2.05) is 0 Å². The molecule has 1 aliphatic rings. The van der Waals surface area contributed by atoms with E-state index in [-0.39, 0.29) is 13.0 Å². The average molecular weight is 328 g/mol. The molecule has 0 atom stereocenters. The number of halogens is 1. The summed E-state index contributed by atoms with van der Waals surface area (Å²) in [5.41, 5.74) is 2.58. The number of Topliss-reactive ketones (excluding diaryl/α,β-unsaturated/α-hetero) is 1. The SMILES string of the molecule is NNOC(=O)CCN1C(=O)C(=O)c2ccc(Br)cc21. The Hall–Kier alpha value is -1.77. The Morgan fingerprint density at radius 1 is 1.42 bits per heavy atom. The van der Waals surface area contributed by atoms with E-state index in [0.717, 1.165) is 4.47 Å². The quantitative estimate of drug-likeness (QED) is 0.468. The summed E-state index contributed by atoms with van der Waals surface area (Å²) in [6.07, 6.45) is -0.0742. The summed E-state index contributed by atoms with van der Waals surface area (Å²) in [6, 6.07) is 4.91. The van der Waals surface area contributed by atoms with Gasteiger partial charge in [-0.1, -0.05) is 21.5 Å². The topological polar surface area (TPSA) is 102 Å². The zero-order chi connectivity index (χ0) is 14.0. The Bertz CT molecular complexity index is 561. The number of nitrogens with one attached hydrogen (secondary N) is 1. The van der Waals surface area contributed by atoms with Crippen molar-refractivity contribution in [2.75, 3.05) is 11.4 Å². The van der Waals surface area contributed by atoms with Crippen molar-refractivity contribution < 1.29 is 19.2 Å². The van der Waals surface area contributed by atoms with Crippen LogP contribution < -0.4 is 16.3 Å². The number of amides is 1. The van der Waals surface area contributed by atoms with E-state index in [1.54, 1.807) is 23.8 Å². The van der Waals surface area contributed by atoms with Crippen LogP contribution in [0, 0.1) is 0 Å². The zero-order valence-electron chi connectivity index (χ0n) is 9.68. The second-order valence-corrected chi connectivity index (χ2v) is 4.70. The third kappa shape index (κ3) is 2.65. The highest BCUT2D eigenvalue weighted by Gasteiger charge is 2.35. The summed E-state index contributed by atoms with van der Waals surface area (Å²) < 4.78 is 0.741. The van der Waals surface area contributed by atoms with Crippen molar-refractivity contribution in [1.82, 2.24) is 5.59 Å². The number of carbonyl (C=O) groups excluding carboxylic acids is 3. The van der Waals surface area contributed by atoms with Gasteiger partial charge in [0.15, 0.2) is 0 Å². The molecule has 2 rings (SSSR count). The minimum Gasteiger partial charge on any atom is -0.356 e. The highest BCUT2D eigenvalue weighted by molar-refractivity contribution is 9.10. The van der Waals surface area contributed by atoms with Crippen molar-refractivity contribution in [3.63, 3.8) is 0 Å². The van der Waals surface area contributed by atoms with Gasteiger partial charge in [-0.3, -0.25) is 14.4 Å². The van der Waals surface area contributed by atoms with Crippen LogP contribution in [0.2, 0.25) is 0 Å². The molecule has 0 unspecified atom stereocenters. The minimum atomic E-state index is -0.651.